The Kier molecular flexibility index (Phi) is 3.34. The van der Waals surface area contributed by atoms with Crippen LogP contribution in [0.15, 0.2) is 54.7 Å². The fourth-order valence-corrected chi connectivity index (χ4v) is 2.48. The number of aromatic carboxylic acids is 1. The number of carboxylic acids is 1. The van der Waals surface area contributed by atoms with E-state index in [1.165, 1.54) is 18.3 Å². The molecule has 3 rings (SSSR count). The lowest BCUT2D eigenvalue weighted by Gasteiger charge is -2.05. The van der Waals surface area contributed by atoms with Gasteiger partial charge in [-0.25, -0.2) is 4.79 Å². The number of nitrogens with zero attached hydrogens (tertiary/aromatic N) is 2. The Balaban J connectivity index is 2.15. The molecule has 6 heteroatoms. The molecule has 2 aromatic carbocycles. The second-order valence-corrected chi connectivity index (χ2v) is 4.92. The van der Waals surface area contributed by atoms with E-state index >= 15 is 0 Å². The van der Waals surface area contributed by atoms with E-state index in [-0.39, 0.29) is 11.3 Å². The van der Waals surface area contributed by atoms with Crippen LogP contribution in [0.2, 0.25) is 0 Å². The van der Waals surface area contributed by atoms with Crippen molar-refractivity contribution in [2.45, 2.75) is 6.54 Å². The zero-order valence-corrected chi connectivity index (χ0v) is 11.5. The molecule has 0 atom stereocenters. The highest BCUT2D eigenvalue weighted by molar-refractivity contribution is 6.04. The third kappa shape index (κ3) is 2.42. The fraction of sp³-hybridized carbons (Fsp3) is 0.0625. The van der Waals surface area contributed by atoms with Crippen molar-refractivity contribution >= 4 is 22.6 Å². The first-order valence-electron chi connectivity index (χ1n) is 6.61. The van der Waals surface area contributed by atoms with Gasteiger partial charge in [0.15, 0.2) is 0 Å². The number of nitro groups is 1. The molecule has 6 nitrogen and oxygen atoms in total. The van der Waals surface area contributed by atoms with E-state index in [0.717, 1.165) is 5.56 Å². The van der Waals surface area contributed by atoms with Crippen molar-refractivity contribution in [3.8, 4) is 0 Å². The highest BCUT2D eigenvalue weighted by atomic mass is 16.6. The Bertz CT molecular complexity index is 868. The Hall–Kier alpha value is -3.15. The topological polar surface area (TPSA) is 85.4 Å². The van der Waals surface area contributed by atoms with Crippen LogP contribution in [0.25, 0.3) is 10.9 Å². The monoisotopic (exact) mass is 296 g/mol. The molecule has 1 aromatic heterocycles. The molecular weight excluding hydrogens is 284 g/mol. The molecule has 1 N–H and O–H groups in total. The van der Waals surface area contributed by atoms with E-state index < -0.39 is 10.9 Å². The summed E-state index contributed by atoms with van der Waals surface area (Å²) >= 11 is 0. The molecule has 0 radical (unpaired) electrons. The van der Waals surface area contributed by atoms with Crippen LogP contribution in [-0.2, 0) is 6.54 Å². The SMILES string of the molecule is O=C(O)c1cn(Cc2ccccc2)c2ccc([N+](=O)[O-])cc12. The molecule has 0 bridgehead atoms. The zero-order chi connectivity index (χ0) is 15.7. The molecule has 0 fully saturated rings. The molecule has 0 saturated heterocycles. The van der Waals surface area contributed by atoms with Gasteiger partial charge in [-0.05, 0) is 11.6 Å². The minimum absolute atomic E-state index is 0.0645. The van der Waals surface area contributed by atoms with Crippen LogP contribution in [0, 0.1) is 10.1 Å². The van der Waals surface area contributed by atoms with E-state index in [0.29, 0.717) is 17.4 Å². The molecule has 0 amide bonds. The van der Waals surface area contributed by atoms with Gasteiger partial charge in [-0.2, -0.15) is 0 Å². The molecule has 22 heavy (non-hydrogen) atoms. The van der Waals surface area contributed by atoms with E-state index in [1.54, 1.807) is 10.6 Å². The molecule has 1 heterocycles. The van der Waals surface area contributed by atoms with Gasteiger partial charge < -0.3 is 9.67 Å². The van der Waals surface area contributed by atoms with Crippen LogP contribution in [0.4, 0.5) is 5.69 Å². The predicted molar refractivity (Wildman–Crippen MR) is 81.1 cm³/mol. The van der Waals surface area contributed by atoms with Gasteiger partial charge in [0.25, 0.3) is 5.69 Å². The van der Waals surface area contributed by atoms with Crippen LogP contribution in [0.1, 0.15) is 15.9 Å². The molecule has 0 aliphatic rings. The van der Waals surface area contributed by atoms with Crippen molar-refractivity contribution in [1.29, 1.82) is 0 Å². The van der Waals surface area contributed by atoms with Gasteiger partial charge in [-0.3, -0.25) is 10.1 Å². The summed E-state index contributed by atoms with van der Waals surface area (Å²) in [7, 11) is 0. The second kappa shape index (κ2) is 5.33. The molecule has 0 saturated carbocycles. The summed E-state index contributed by atoms with van der Waals surface area (Å²) in [5.74, 6) is -1.10. The Labute approximate surface area is 125 Å². The molecule has 0 aliphatic heterocycles. The number of non-ortho nitro benzene ring substituents is 1. The number of carboxylic acid groups (broad SMARTS) is 1. The van der Waals surface area contributed by atoms with Crippen molar-refractivity contribution in [3.63, 3.8) is 0 Å². The number of hydrogen-bond donors (Lipinski definition) is 1. The summed E-state index contributed by atoms with van der Waals surface area (Å²) in [6.07, 6.45) is 1.52. The average molecular weight is 296 g/mol. The minimum Gasteiger partial charge on any atom is -0.478 e. The maximum absolute atomic E-state index is 11.4. The summed E-state index contributed by atoms with van der Waals surface area (Å²) in [4.78, 5) is 21.7. The Morgan fingerprint density at radius 2 is 1.91 bits per heavy atom. The quantitative estimate of drug-likeness (QED) is 0.591. The number of aromatic nitrogens is 1. The molecule has 110 valence electrons. The van der Waals surface area contributed by atoms with E-state index in [9.17, 15) is 20.0 Å². The summed E-state index contributed by atoms with van der Waals surface area (Å²) < 4.78 is 1.79. The number of carbonyl (C=O) groups is 1. The molecular formula is C16H12N2O4. The van der Waals surface area contributed by atoms with E-state index in [2.05, 4.69) is 0 Å². The number of rotatable bonds is 4. The number of nitro benzene ring substituents is 1. The highest BCUT2D eigenvalue weighted by Crippen LogP contribution is 2.26. The number of hydrogen-bond acceptors (Lipinski definition) is 3. The molecule has 0 unspecified atom stereocenters. The predicted octanol–water partition coefficient (Wildman–Crippen LogP) is 3.30. The van der Waals surface area contributed by atoms with Crippen LogP contribution in [-0.4, -0.2) is 20.6 Å². The zero-order valence-electron chi connectivity index (χ0n) is 11.5. The first-order chi connectivity index (χ1) is 10.6. The Morgan fingerprint density at radius 3 is 2.55 bits per heavy atom. The lowest BCUT2D eigenvalue weighted by molar-refractivity contribution is -0.384. The van der Waals surface area contributed by atoms with Gasteiger partial charge in [-0.1, -0.05) is 30.3 Å². The van der Waals surface area contributed by atoms with Gasteiger partial charge in [0.1, 0.15) is 0 Å². The standard InChI is InChI=1S/C16H12N2O4/c19-16(20)14-10-17(9-11-4-2-1-3-5-11)15-7-6-12(18(21)22)8-13(14)15/h1-8,10H,9H2,(H,19,20). The highest BCUT2D eigenvalue weighted by Gasteiger charge is 2.17. The number of benzene rings is 2. The van der Waals surface area contributed by atoms with Gasteiger partial charge in [0, 0.05) is 35.8 Å². The number of fused-ring (bicyclic) bond motifs is 1. The van der Waals surface area contributed by atoms with E-state index in [4.69, 9.17) is 0 Å². The maximum Gasteiger partial charge on any atom is 0.337 e. The first kappa shape index (κ1) is 13.8. The van der Waals surface area contributed by atoms with Crippen LogP contribution in [0.5, 0.6) is 0 Å². The summed E-state index contributed by atoms with van der Waals surface area (Å²) in [5, 5.41) is 20.6. The fourth-order valence-electron chi connectivity index (χ4n) is 2.48. The summed E-state index contributed by atoms with van der Waals surface area (Å²) in [6.45, 7) is 0.502. The summed E-state index contributed by atoms with van der Waals surface area (Å²) in [5.41, 5.74) is 1.63. The van der Waals surface area contributed by atoms with Crippen LogP contribution in [0.3, 0.4) is 0 Å². The third-order valence-corrected chi connectivity index (χ3v) is 3.50. The van der Waals surface area contributed by atoms with Crippen molar-refractivity contribution in [2.24, 2.45) is 0 Å². The van der Waals surface area contributed by atoms with Crippen molar-refractivity contribution in [1.82, 2.24) is 4.57 Å². The molecule has 3 aromatic rings. The molecule has 0 aliphatic carbocycles. The largest absolute Gasteiger partial charge is 0.478 e. The summed E-state index contributed by atoms with van der Waals surface area (Å²) in [6, 6.07) is 13.9. The van der Waals surface area contributed by atoms with Crippen molar-refractivity contribution < 1.29 is 14.8 Å². The van der Waals surface area contributed by atoms with Crippen molar-refractivity contribution in [3.05, 3.63) is 76.0 Å². The van der Waals surface area contributed by atoms with Crippen LogP contribution < -0.4 is 0 Å². The third-order valence-electron chi connectivity index (χ3n) is 3.50. The lowest BCUT2D eigenvalue weighted by Crippen LogP contribution is -1.98. The van der Waals surface area contributed by atoms with Gasteiger partial charge in [0.2, 0.25) is 0 Å². The average Bonchev–Trinajstić information content (AvgIpc) is 2.86. The minimum atomic E-state index is -1.10. The molecule has 0 spiro atoms. The van der Waals surface area contributed by atoms with Crippen LogP contribution >= 0.6 is 0 Å². The maximum atomic E-state index is 11.4. The van der Waals surface area contributed by atoms with E-state index in [1.807, 2.05) is 30.3 Å². The first-order valence-corrected chi connectivity index (χ1v) is 6.61. The van der Waals surface area contributed by atoms with Gasteiger partial charge >= 0.3 is 5.97 Å². The van der Waals surface area contributed by atoms with Gasteiger partial charge in [-0.15, -0.1) is 0 Å². The van der Waals surface area contributed by atoms with Crippen molar-refractivity contribution in [2.75, 3.05) is 0 Å². The lowest BCUT2D eigenvalue weighted by atomic mass is 10.1. The smallest absolute Gasteiger partial charge is 0.337 e. The van der Waals surface area contributed by atoms with Gasteiger partial charge in [0.05, 0.1) is 10.5 Å². The Morgan fingerprint density at radius 1 is 1.18 bits per heavy atom. The normalized spacial score (nSPS) is 10.7. The second-order valence-electron chi connectivity index (χ2n) is 4.92.